The predicted molar refractivity (Wildman–Crippen MR) is 42.1 cm³/mol. The van der Waals surface area contributed by atoms with Gasteiger partial charge >= 0.3 is 6.18 Å². The Balaban J connectivity index is 2.78. The fourth-order valence-electron chi connectivity index (χ4n) is 1.01. The van der Waals surface area contributed by atoms with Crippen molar-refractivity contribution in [2.45, 2.75) is 18.7 Å². The van der Waals surface area contributed by atoms with Crippen LogP contribution in [0.3, 0.4) is 0 Å². The van der Waals surface area contributed by atoms with Crippen molar-refractivity contribution in [2.75, 3.05) is 0 Å². The van der Waals surface area contributed by atoms with Crippen LogP contribution in [0.25, 0.3) is 0 Å². The molecular formula is C9H7F5O. The summed E-state index contributed by atoms with van der Waals surface area (Å²) in [4.78, 5) is 0. The molecule has 0 aliphatic carbocycles. The molecule has 0 bridgehead atoms. The highest BCUT2D eigenvalue weighted by Gasteiger charge is 2.38. The van der Waals surface area contributed by atoms with Gasteiger partial charge in [0.15, 0.2) is 17.7 Å². The summed E-state index contributed by atoms with van der Waals surface area (Å²) in [6.45, 7) is 0. The van der Waals surface area contributed by atoms with Crippen molar-refractivity contribution in [3.63, 3.8) is 0 Å². The number of rotatable bonds is 2. The molecule has 0 amide bonds. The molecule has 15 heavy (non-hydrogen) atoms. The number of benzene rings is 1. The second kappa shape index (κ2) is 4.14. The highest BCUT2D eigenvalue weighted by molar-refractivity contribution is 5.18. The van der Waals surface area contributed by atoms with Gasteiger partial charge in [-0.2, -0.15) is 13.2 Å². The molecule has 0 saturated carbocycles. The van der Waals surface area contributed by atoms with Crippen molar-refractivity contribution in [1.82, 2.24) is 0 Å². The van der Waals surface area contributed by atoms with Crippen LogP contribution < -0.4 is 0 Å². The lowest BCUT2D eigenvalue weighted by Gasteiger charge is -2.14. The van der Waals surface area contributed by atoms with E-state index in [1.165, 1.54) is 0 Å². The van der Waals surface area contributed by atoms with Crippen LogP contribution in [0, 0.1) is 11.6 Å². The molecule has 0 spiro atoms. The minimum Gasteiger partial charge on any atom is -0.383 e. The van der Waals surface area contributed by atoms with Gasteiger partial charge in [0.25, 0.3) is 0 Å². The monoisotopic (exact) mass is 226 g/mol. The predicted octanol–water partition coefficient (Wildman–Crippen LogP) is 2.43. The zero-order chi connectivity index (χ0) is 11.6. The summed E-state index contributed by atoms with van der Waals surface area (Å²) in [6.07, 6.45) is -8.12. The Kier molecular flexibility index (Phi) is 3.28. The molecule has 1 nitrogen and oxygen atoms in total. The average molecular weight is 226 g/mol. The molecular weight excluding hydrogens is 219 g/mol. The second-order valence-corrected chi connectivity index (χ2v) is 3.01. The number of aliphatic hydroxyl groups excluding tert-OH is 1. The number of hydrogen-bond donors (Lipinski definition) is 1. The van der Waals surface area contributed by atoms with Gasteiger partial charge in [0, 0.05) is 6.42 Å². The molecule has 0 aromatic heterocycles. The van der Waals surface area contributed by atoms with Gasteiger partial charge in [-0.05, 0) is 17.7 Å². The average Bonchev–Trinajstić information content (AvgIpc) is 2.10. The van der Waals surface area contributed by atoms with Gasteiger partial charge < -0.3 is 5.11 Å². The molecule has 0 heterocycles. The third kappa shape index (κ3) is 3.16. The Morgan fingerprint density at radius 2 is 1.73 bits per heavy atom. The number of hydrogen-bond acceptors (Lipinski definition) is 1. The number of halogens is 5. The lowest BCUT2D eigenvalue weighted by Crippen LogP contribution is -2.30. The number of aliphatic hydroxyl groups is 1. The molecule has 0 aliphatic rings. The largest absolute Gasteiger partial charge is 0.414 e. The first-order valence-corrected chi connectivity index (χ1v) is 3.99. The first-order valence-electron chi connectivity index (χ1n) is 3.99. The van der Waals surface area contributed by atoms with Crippen LogP contribution in [0.1, 0.15) is 5.56 Å². The highest BCUT2D eigenvalue weighted by Crippen LogP contribution is 2.23. The van der Waals surface area contributed by atoms with E-state index in [0.29, 0.717) is 12.1 Å². The topological polar surface area (TPSA) is 20.2 Å². The molecule has 1 unspecified atom stereocenters. The normalized spacial score (nSPS) is 14.0. The summed E-state index contributed by atoms with van der Waals surface area (Å²) >= 11 is 0. The molecule has 1 rings (SSSR count). The lowest BCUT2D eigenvalue weighted by molar-refractivity contribution is -0.203. The Labute approximate surface area is 82.1 Å². The van der Waals surface area contributed by atoms with Crippen molar-refractivity contribution in [3.05, 3.63) is 35.4 Å². The van der Waals surface area contributed by atoms with E-state index in [-0.39, 0.29) is 5.56 Å². The highest BCUT2D eigenvalue weighted by atomic mass is 19.4. The van der Waals surface area contributed by atoms with Gasteiger partial charge in [-0.3, -0.25) is 0 Å². The summed E-state index contributed by atoms with van der Waals surface area (Å²) in [5.41, 5.74) is -0.112. The van der Waals surface area contributed by atoms with E-state index in [9.17, 15) is 22.0 Å². The Morgan fingerprint density at radius 3 is 2.20 bits per heavy atom. The van der Waals surface area contributed by atoms with Crippen molar-refractivity contribution >= 4 is 0 Å². The van der Waals surface area contributed by atoms with Crippen LogP contribution in [-0.4, -0.2) is 17.4 Å². The van der Waals surface area contributed by atoms with E-state index >= 15 is 0 Å². The van der Waals surface area contributed by atoms with Gasteiger partial charge in [-0.15, -0.1) is 0 Å². The standard InChI is InChI=1S/C9H7F5O/c10-6-2-1-5(3-7(6)11)4-8(15)9(12,13)14/h1-3,8,15H,4H2. The summed E-state index contributed by atoms with van der Waals surface area (Å²) < 4.78 is 60.7. The van der Waals surface area contributed by atoms with Crippen LogP contribution in [0.2, 0.25) is 0 Å². The first kappa shape index (κ1) is 11.9. The minimum atomic E-state index is -4.76. The molecule has 6 heteroatoms. The van der Waals surface area contributed by atoms with Gasteiger partial charge in [0.05, 0.1) is 0 Å². The van der Waals surface area contributed by atoms with Gasteiger partial charge in [-0.25, -0.2) is 8.78 Å². The lowest BCUT2D eigenvalue weighted by atomic mass is 10.1. The fourth-order valence-corrected chi connectivity index (χ4v) is 1.01. The Bertz CT molecular complexity index is 347. The van der Waals surface area contributed by atoms with E-state index in [0.717, 1.165) is 6.07 Å². The second-order valence-electron chi connectivity index (χ2n) is 3.01. The van der Waals surface area contributed by atoms with E-state index in [4.69, 9.17) is 5.11 Å². The van der Waals surface area contributed by atoms with Crippen molar-refractivity contribution in [3.8, 4) is 0 Å². The molecule has 1 aromatic rings. The molecule has 84 valence electrons. The Hall–Kier alpha value is -1.17. The summed E-state index contributed by atoms with van der Waals surface area (Å²) in [5, 5.41) is 8.66. The van der Waals surface area contributed by atoms with Crippen molar-refractivity contribution in [1.29, 1.82) is 0 Å². The summed E-state index contributed by atoms with van der Waals surface area (Å²) in [6, 6.07) is 2.34. The summed E-state index contributed by atoms with van der Waals surface area (Å²) in [5.74, 6) is -2.37. The molecule has 1 aromatic carbocycles. The zero-order valence-electron chi connectivity index (χ0n) is 7.35. The fraction of sp³-hybridized carbons (Fsp3) is 0.333. The molecule has 0 fully saturated rings. The van der Waals surface area contributed by atoms with Crippen molar-refractivity contribution in [2.24, 2.45) is 0 Å². The molecule has 0 saturated heterocycles. The quantitative estimate of drug-likeness (QED) is 0.768. The summed E-state index contributed by atoms with van der Waals surface area (Å²) in [7, 11) is 0. The van der Waals surface area contributed by atoms with E-state index in [1.54, 1.807) is 0 Å². The van der Waals surface area contributed by atoms with Gasteiger partial charge in [-0.1, -0.05) is 6.07 Å². The first-order chi connectivity index (χ1) is 6.80. The molecule has 0 radical (unpaired) electrons. The van der Waals surface area contributed by atoms with E-state index in [2.05, 4.69) is 0 Å². The molecule has 1 N–H and O–H groups in total. The van der Waals surface area contributed by atoms with Crippen LogP contribution >= 0.6 is 0 Å². The van der Waals surface area contributed by atoms with Crippen LogP contribution in [0.15, 0.2) is 18.2 Å². The maximum absolute atomic E-state index is 12.6. The third-order valence-electron chi connectivity index (χ3n) is 1.79. The molecule has 1 atom stereocenters. The van der Waals surface area contributed by atoms with Crippen LogP contribution in [0.5, 0.6) is 0 Å². The number of alkyl halides is 3. The maximum atomic E-state index is 12.6. The molecule has 0 aliphatic heterocycles. The van der Waals surface area contributed by atoms with Gasteiger partial charge in [0.1, 0.15) is 0 Å². The van der Waals surface area contributed by atoms with Crippen LogP contribution in [0.4, 0.5) is 22.0 Å². The smallest absolute Gasteiger partial charge is 0.383 e. The Morgan fingerprint density at radius 1 is 1.13 bits per heavy atom. The van der Waals surface area contributed by atoms with Crippen molar-refractivity contribution < 1.29 is 27.1 Å². The third-order valence-corrected chi connectivity index (χ3v) is 1.79. The van der Waals surface area contributed by atoms with Gasteiger partial charge in [0.2, 0.25) is 0 Å². The SMILES string of the molecule is OC(Cc1ccc(F)c(F)c1)C(F)(F)F. The minimum absolute atomic E-state index is 0.112. The maximum Gasteiger partial charge on any atom is 0.414 e. The zero-order valence-corrected chi connectivity index (χ0v) is 7.35. The van der Waals surface area contributed by atoms with Crippen LogP contribution in [-0.2, 0) is 6.42 Å². The van der Waals surface area contributed by atoms with E-state index in [1.807, 2.05) is 0 Å². The van der Waals surface area contributed by atoms with E-state index < -0.39 is 30.3 Å².